The Labute approximate surface area is 117 Å². The second kappa shape index (κ2) is 5.25. The molecule has 0 spiro atoms. The quantitative estimate of drug-likeness (QED) is 0.851. The smallest absolute Gasteiger partial charge is 0.256 e. The highest BCUT2D eigenvalue weighted by molar-refractivity contribution is 6.05. The van der Waals surface area contributed by atoms with E-state index >= 15 is 0 Å². The van der Waals surface area contributed by atoms with Crippen LogP contribution in [-0.2, 0) is 14.3 Å². The predicted molar refractivity (Wildman–Crippen MR) is 75.6 cm³/mol. The Hall–Kier alpha value is -1.88. The highest BCUT2D eigenvalue weighted by Crippen LogP contribution is 2.32. The zero-order valence-electron chi connectivity index (χ0n) is 11.5. The number of carbonyl (C=O) groups excluding carboxylic acids is 2. The highest BCUT2D eigenvalue weighted by Gasteiger charge is 2.35. The fraction of sp³-hybridized carbons (Fsp3) is 0.467. The summed E-state index contributed by atoms with van der Waals surface area (Å²) >= 11 is 0. The van der Waals surface area contributed by atoms with Gasteiger partial charge in [-0.15, -0.1) is 0 Å². The van der Waals surface area contributed by atoms with Crippen molar-refractivity contribution in [2.75, 3.05) is 16.8 Å². The zero-order chi connectivity index (χ0) is 14.1. The Morgan fingerprint density at radius 2 is 2.20 bits per heavy atom. The summed E-state index contributed by atoms with van der Waals surface area (Å²) in [6.07, 6.45) is 1.59. The number of anilines is 2. The summed E-state index contributed by atoms with van der Waals surface area (Å²) in [6, 6.07) is 7.24. The Morgan fingerprint density at radius 3 is 2.95 bits per heavy atom. The molecule has 5 heteroatoms. The first-order valence-electron chi connectivity index (χ1n) is 7.00. The van der Waals surface area contributed by atoms with E-state index in [2.05, 4.69) is 5.32 Å². The number of para-hydroxylation sites is 2. The van der Waals surface area contributed by atoms with E-state index in [0.717, 1.165) is 18.5 Å². The van der Waals surface area contributed by atoms with Gasteiger partial charge in [0.15, 0.2) is 0 Å². The number of hydrogen-bond acceptors (Lipinski definition) is 3. The van der Waals surface area contributed by atoms with Crippen molar-refractivity contribution in [3.05, 3.63) is 24.3 Å². The maximum atomic E-state index is 12.7. The van der Waals surface area contributed by atoms with E-state index in [0.29, 0.717) is 18.7 Å². The van der Waals surface area contributed by atoms with Crippen molar-refractivity contribution in [3.63, 3.8) is 0 Å². The fourth-order valence-corrected chi connectivity index (χ4v) is 2.85. The van der Waals surface area contributed by atoms with Crippen LogP contribution in [0.4, 0.5) is 11.4 Å². The van der Waals surface area contributed by atoms with Crippen LogP contribution in [0.2, 0.25) is 0 Å². The Balaban J connectivity index is 1.98. The summed E-state index contributed by atoms with van der Waals surface area (Å²) in [5.74, 6) is -0.105. The number of nitrogens with one attached hydrogen (secondary N) is 1. The number of carbonyl (C=O) groups is 2. The highest BCUT2D eigenvalue weighted by atomic mass is 16.5. The summed E-state index contributed by atoms with van der Waals surface area (Å²) in [5, 5.41) is 2.85. The van der Waals surface area contributed by atoms with Crippen LogP contribution < -0.4 is 10.2 Å². The third kappa shape index (κ3) is 2.29. The first-order chi connectivity index (χ1) is 9.66. The lowest BCUT2D eigenvalue weighted by Gasteiger charge is -2.29. The molecular formula is C15H18N2O3. The van der Waals surface area contributed by atoms with Crippen molar-refractivity contribution in [1.82, 2.24) is 0 Å². The van der Waals surface area contributed by atoms with Crippen LogP contribution in [0.15, 0.2) is 24.3 Å². The zero-order valence-corrected chi connectivity index (χ0v) is 11.5. The van der Waals surface area contributed by atoms with Crippen LogP contribution >= 0.6 is 0 Å². The third-order valence-corrected chi connectivity index (χ3v) is 3.80. The van der Waals surface area contributed by atoms with E-state index in [-0.39, 0.29) is 24.0 Å². The van der Waals surface area contributed by atoms with Crippen LogP contribution in [0, 0.1) is 0 Å². The molecule has 20 heavy (non-hydrogen) atoms. The molecule has 0 unspecified atom stereocenters. The largest absolute Gasteiger partial charge is 0.368 e. The number of ether oxygens (including phenoxy) is 1. The molecule has 0 saturated carbocycles. The topological polar surface area (TPSA) is 58.6 Å². The molecule has 2 aliphatic heterocycles. The van der Waals surface area contributed by atoms with Crippen molar-refractivity contribution in [3.8, 4) is 0 Å². The van der Waals surface area contributed by atoms with Gasteiger partial charge in [-0.25, -0.2) is 0 Å². The third-order valence-electron chi connectivity index (χ3n) is 3.80. The number of benzene rings is 1. The van der Waals surface area contributed by atoms with Gasteiger partial charge >= 0.3 is 0 Å². The molecule has 3 rings (SSSR count). The average Bonchev–Trinajstić information content (AvgIpc) is 2.90. The number of hydrogen-bond donors (Lipinski definition) is 1. The Morgan fingerprint density at radius 1 is 1.40 bits per heavy atom. The summed E-state index contributed by atoms with van der Waals surface area (Å²) < 4.78 is 5.50. The van der Waals surface area contributed by atoms with Crippen molar-refractivity contribution in [1.29, 1.82) is 0 Å². The molecule has 106 valence electrons. The van der Waals surface area contributed by atoms with Crippen molar-refractivity contribution in [2.24, 2.45) is 0 Å². The summed E-state index contributed by atoms with van der Waals surface area (Å²) in [5.41, 5.74) is 1.44. The van der Waals surface area contributed by atoms with E-state index < -0.39 is 0 Å². The van der Waals surface area contributed by atoms with Gasteiger partial charge in [0.1, 0.15) is 6.10 Å². The molecule has 1 aromatic carbocycles. The van der Waals surface area contributed by atoms with Crippen LogP contribution in [0.3, 0.4) is 0 Å². The standard InChI is InChI=1S/C15H18N2O3/c1-10-9-14(18)16-11-5-2-3-6-12(11)17(10)15(19)13-7-4-8-20-13/h2-3,5-6,10,13H,4,7-9H2,1H3,(H,16,18)/t10-,13+/m1/s1. The van der Waals surface area contributed by atoms with Gasteiger partial charge < -0.3 is 15.0 Å². The molecule has 2 aliphatic rings. The Kier molecular flexibility index (Phi) is 3.44. The lowest BCUT2D eigenvalue weighted by atomic mass is 10.1. The lowest BCUT2D eigenvalue weighted by molar-refractivity contribution is -0.127. The van der Waals surface area contributed by atoms with Gasteiger partial charge in [-0.2, -0.15) is 0 Å². The number of fused-ring (bicyclic) bond motifs is 1. The van der Waals surface area contributed by atoms with Crippen LogP contribution in [0.25, 0.3) is 0 Å². The molecular weight excluding hydrogens is 256 g/mol. The summed E-state index contributed by atoms with van der Waals surface area (Å²) in [7, 11) is 0. The van der Waals surface area contributed by atoms with Gasteiger partial charge in [-0.05, 0) is 31.9 Å². The maximum absolute atomic E-state index is 12.7. The number of nitrogens with zero attached hydrogens (tertiary/aromatic N) is 1. The molecule has 1 fully saturated rings. The second-order valence-corrected chi connectivity index (χ2v) is 5.33. The van der Waals surface area contributed by atoms with E-state index in [4.69, 9.17) is 4.74 Å². The van der Waals surface area contributed by atoms with Gasteiger partial charge in [0, 0.05) is 19.1 Å². The van der Waals surface area contributed by atoms with E-state index in [1.54, 1.807) is 4.90 Å². The van der Waals surface area contributed by atoms with Crippen LogP contribution in [0.1, 0.15) is 26.2 Å². The molecule has 1 aromatic rings. The van der Waals surface area contributed by atoms with Crippen molar-refractivity contribution < 1.29 is 14.3 Å². The van der Waals surface area contributed by atoms with Crippen LogP contribution in [-0.4, -0.2) is 30.6 Å². The molecule has 0 bridgehead atoms. The minimum atomic E-state index is -0.376. The average molecular weight is 274 g/mol. The minimum Gasteiger partial charge on any atom is -0.368 e. The van der Waals surface area contributed by atoms with Gasteiger partial charge in [0.05, 0.1) is 11.4 Å². The number of amides is 2. The molecule has 0 aromatic heterocycles. The van der Waals surface area contributed by atoms with Gasteiger partial charge in [0.25, 0.3) is 5.91 Å². The number of rotatable bonds is 1. The van der Waals surface area contributed by atoms with Crippen molar-refractivity contribution in [2.45, 2.75) is 38.3 Å². The SMILES string of the molecule is C[C@@H]1CC(=O)Nc2ccccc2N1C(=O)[C@@H]1CCCO1. The van der Waals surface area contributed by atoms with Crippen molar-refractivity contribution >= 4 is 23.2 Å². The fourth-order valence-electron chi connectivity index (χ4n) is 2.85. The van der Waals surface area contributed by atoms with E-state index in [9.17, 15) is 9.59 Å². The molecule has 1 N–H and O–H groups in total. The molecule has 2 heterocycles. The second-order valence-electron chi connectivity index (χ2n) is 5.33. The van der Waals surface area contributed by atoms with Gasteiger partial charge in [-0.3, -0.25) is 9.59 Å². The van der Waals surface area contributed by atoms with E-state index in [1.165, 1.54) is 0 Å². The van der Waals surface area contributed by atoms with E-state index in [1.807, 2.05) is 31.2 Å². The first-order valence-corrected chi connectivity index (χ1v) is 7.00. The minimum absolute atomic E-state index is 0.0426. The predicted octanol–water partition coefficient (Wildman–Crippen LogP) is 1.93. The molecule has 2 atom stereocenters. The Bertz CT molecular complexity index is 538. The summed E-state index contributed by atoms with van der Waals surface area (Å²) in [4.78, 5) is 26.3. The summed E-state index contributed by atoms with van der Waals surface area (Å²) in [6.45, 7) is 2.53. The molecule has 0 radical (unpaired) electrons. The normalized spacial score (nSPS) is 25.9. The first kappa shape index (κ1) is 13.1. The van der Waals surface area contributed by atoms with Gasteiger partial charge in [-0.1, -0.05) is 12.1 Å². The monoisotopic (exact) mass is 274 g/mol. The molecule has 2 amide bonds. The molecule has 1 saturated heterocycles. The molecule has 0 aliphatic carbocycles. The maximum Gasteiger partial charge on any atom is 0.256 e. The molecule has 5 nitrogen and oxygen atoms in total. The lowest BCUT2D eigenvalue weighted by Crippen LogP contribution is -2.44. The van der Waals surface area contributed by atoms with Gasteiger partial charge in [0.2, 0.25) is 5.91 Å². The van der Waals surface area contributed by atoms with Crippen LogP contribution in [0.5, 0.6) is 0 Å².